The van der Waals surface area contributed by atoms with Gasteiger partial charge in [-0.15, -0.1) is 0 Å². The highest BCUT2D eigenvalue weighted by atomic mass is 19.1. The van der Waals surface area contributed by atoms with Gasteiger partial charge < -0.3 is 14.6 Å². The number of carbonyl (C=O) groups is 2. The van der Waals surface area contributed by atoms with Gasteiger partial charge in [-0.1, -0.05) is 5.16 Å². The van der Waals surface area contributed by atoms with Crippen LogP contribution >= 0.6 is 0 Å². The Morgan fingerprint density at radius 3 is 2.63 bits per heavy atom. The van der Waals surface area contributed by atoms with Crippen molar-refractivity contribution in [1.29, 1.82) is 0 Å². The van der Waals surface area contributed by atoms with Gasteiger partial charge in [0.05, 0.1) is 6.42 Å². The summed E-state index contributed by atoms with van der Waals surface area (Å²) in [6, 6.07) is 7.57. The molecule has 0 spiro atoms. The zero-order valence-electron chi connectivity index (χ0n) is 13.7. The Morgan fingerprint density at radius 2 is 1.96 bits per heavy atom. The zero-order chi connectivity index (χ0) is 18.8. The summed E-state index contributed by atoms with van der Waals surface area (Å²) in [4.78, 5) is 31.0. The number of nitrogens with zero attached hydrogens (tertiary/aromatic N) is 3. The van der Waals surface area contributed by atoms with E-state index >= 15 is 0 Å². The molecule has 0 radical (unpaired) electrons. The topological polar surface area (TPSA) is 119 Å². The molecule has 1 saturated heterocycles. The third-order valence-corrected chi connectivity index (χ3v) is 3.74. The van der Waals surface area contributed by atoms with Crippen molar-refractivity contribution in [2.24, 2.45) is 0 Å². The van der Waals surface area contributed by atoms with Crippen LogP contribution in [0.1, 0.15) is 5.89 Å². The fourth-order valence-electron chi connectivity index (χ4n) is 2.43. The molecule has 3 heterocycles. The lowest BCUT2D eigenvalue weighted by Gasteiger charge is -2.04. The molecule has 2 N–H and O–H groups in total. The van der Waals surface area contributed by atoms with Crippen LogP contribution in [0.2, 0.25) is 0 Å². The van der Waals surface area contributed by atoms with Gasteiger partial charge in [-0.05, 0) is 30.3 Å². The Hall–Kier alpha value is -3.82. The van der Waals surface area contributed by atoms with Gasteiger partial charge in [0.2, 0.25) is 17.6 Å². The number of nitrogens with one attached hydrogen (secondary N) is 2. The second kappa shape index (κ2) is 6.83. The number of hydrogen-bond donors (Lipinski definition) is 2. The summed E-state index contributed by atoms with van der Waals surface area (Å²) < 4.78 is 23.5. The molecule has 3 amide bonds. The highest BCUT2D eigenvalue weighted by molar-refractivity contribution is 6.04. The number of pyridine rings is 1. The summed E-state index contributed by atoms with van der Waals surface area (Å²) in [6.45, 7) is 0. The number of imide groups is 1. The fourth-order valence-corrected chi connectivity index (χ4v) is 2.43. The number of benzene rings is 1. The van der Waals surface area contributed by atoms with E-state index in [1.807, 2.05) is 0 Å². The van der Waals surface area contributed by atoms with Crippen LogP contribution < -0.4 is 15.4 Å². The van der Waals surface area contributed by atoms with Gasteiger partial charge in [0.1, 0.15) is 17.6 Å². The van der Waals surface area contributed by atoms with Gasteiger partial charge in [-0.25, -0.2) is 14.2 Å². The van der Waals surface area contributed by atoms with E-state index in [9.17, 15) is 14.0 Å². The van der Waals surface area contributed by atoms with Crippen LogP contribution in [0.5, 0.6) is 11.6 Å². The molecule has 0 saturated carbocycles. The Kier molecular flexibility index (Phi) is 4.21. The molecule has 1 aliphatic heterocycles. The molecule has 1 aliphatic rings. The van der Waals surface area contributed by atoms with E-state index in [0.29, 0.717) is 17.2 Å². The van der Waals surface area contributed by atoms with Crippen molar-refractivity contribution in [2.45, 2.75) is 12.5 Å². The average Bonchev–Trinajstić information content (AvgIpc) is 3.24. The van der Waals surface area contributed by atoms with E-state index in [-0.39, 0.29) is 24.0 Å². The zero-order valence-corrected chi connectivity index (χ0v) is 13.7. The van der Waals surface area contributed by atoms with Crippen molar-refractivity contribution in [3.8, 4) is 23.0 Å². The first-order valence-corrected chi connectivity index (χ1v) is 7.90. The maximum atomic E-state index is 12.9. The number of hydrogen-bond acceptors (Lipinski definition) is 7. The summed E-state index contributed by atoms with van der Waals surface area (Å²) in [7, 11) is 0. The second-order valence-corrected chi connectivity index (χ2v) is 5.67. The maximum Gasteiger partial charge on any atom is 0.322 e. The Balaban J connectivity index is 1.43. The molecule has 3 aromatic rings. The van der Waals surface area contributed by atoms with Crippen molar-refractivity contribution < 1.29 is 23.2 Å². The van der Waals surface area contributed by atoms with E-state index in [2.05, 4.69) is 25.8 Å². The Morgan fingerprint density at radius 1 is 1.15 bits per heavy atom. The van der Waals surface area contributed by atoms with E-state index < -0.39 is 18.0 Å². The molecule has 1 atom stereocenters. The number of carbonyl (C=O) groups excluding carboxylic acids is 2. The van der Waals surface area contributed by atoms with Crippen LogP contribution in [0, 0.1) is 5.82 Å². The number of aromatic nitrogens is 3. The van der Waals surface area contributed by atoms with Crippen LogP contribution in [-0.4, -0.2) is 33.1 Å². The third kappa shape index (κ3) is 3.73. The van der Waals surface area contributed by atoms with Gasteiger partial charge in [-0.3, -0.25) is 10.1 Å². The van der Waals surface area contributed by atoms with Crippen LogP contribution in [-0.2, 0) is 11.2 Å². The molecule has 0 bridgehead atoms. The minimum Gasteiger partial charge on any atom is -0.439 e. The Bertz CT molecular complexity index is 987. The average molecular weight is 369 g/mol. The predicted molar refractivity (Wildman–Crippen MR) is 88.2 cm³/mol. The van der Waals surface area contributed by atoms with Crippen LogP contribution in [0.25, 0.3) is 11.4 Å². The molecule has 10 heteroatoms. The van der Waals surface area contributed by atoms with Crippen LogP contribution in [0.3, 0.4) is 0 Å². The molecule has 9 nitrogen and oxygen atoms in total. The van der Waals surface area contributed by atoms with Crippen molar-refractivity contribution in [1.82, 2.24) is 25.8 Å². The maximum absolute atomic E-state index is 12.9. The Labute approximate surface area is 151 Å². The largest absolute Gasteiger partial charge is 0.439 e. The van der Waals surface area contributed by atoms with Gasteiger partial charge >= 0.3 is 6.03 Å². The van der Waals surface area contributed by atoms with Crippen molar-refractivity contribution in [2.75, 3.05) is 0 Å². The lowest BCUT2D eigenvalue weighted by Crippen LogP contribution is -2.31. The molecule has 27 heavy (non-hydrogen) atoms. The van der Waals surface area contributed by atoms with Crippen molar-refractivity contribution >= 4 is 11.9 Å². The second-order valence-electron chi connectivity index (χ2n) is 5.67. The van der Waals surface area contributed by atoms with Gasteiger partial charge in [0, 0.05) is 17.8 Å². The van der Waals surface area contributed by atoms with Gasteiger partial charge in [-0.2, -0.15) is 4.98 Å². The number of halogens is 1. The lowest BCUT2D eigenvalue weighted by molar-refractivity contribution is -0.120. The molecule has 1 aromatic carbocycles. The van der Waals surface area contributed by atoms with Crippen molar-refractivity contribution in [3.05, 3.63) is 54.3 Å². The SMILES string of the molecule is O=C1NC(=O)[C@H](Cc2nc(-c3ccc(Oc4ccc(F)cc4)nc3)no2)N1. The minimum absolute atomic E-state index is 0.0871. The highest BCUT2D eigenvalue weighted by Crippen LogP contribution is 2.22. The predicted octanol–water partition coefficient (Wildman–Crippen LogP) is 1.81. The van der Waals surface area contributed by atoms with E-state index in [1.54, 1.807) is 12.1 Å². The van der Waals surface area contributed by atoms with E-state index in [4.69, 9.17) is 9.26 Å². The number of ether oxygens (including phenoxy) is 1. The molecular weight excluding hydrogens is 357 g/mol. The standard InChI is InChI=1S/C17H12FN5O4/c18-10-2-4-11(5-3-10)26-13-6-1-9(8-19-13)15-21-14(27-23-15)7-12-16(24)22-17(25)20-12/h1-6,8,12H,7H2,(H2,20,22,24,25)/t12-/m0/s1. The monoisotopic (exact) mass is 369 g/mol. The van der Waals surface area contributed by atoms with Gasteiger partial charge in [0.25, 0.3) is 5.91 Å². The molecule has 1 fully saturated rings. The summed E-state index contributed by atoms with van der Waals surface area (Å²) in [5, 5.41) is 8.43. The summed E-state index contributed by atoms with van der Waals surface area (Å²) in [5.41, 5.74) is 0.580. The van der Waals surface area contributed by atoms with E-state index in [1.165, 1.54) is 30.5 Å². The van der Waals surface area contributed by atoms with Crippen LogP contribution in [0.4, 0.5) is 9.18 Å². The third-order valence-electron chi connectivity index (χ3n) is 3.74. The van der Waals surface area contributed by atoms with Crippen molar-refractivity contribution in [3.63, 3.8) is 0 Å². The van der Waals surface area contributed by atoms with Gasteiger partial charge in [0.15, 0.2) is 0 Å². The quantitative estimate of drug-likeness (QED) is 0.658. The number of rotatable bonds is 5. The molecule has 136 valence electrons. The summed E-state index contributed by atoms with van der Waals surface area (Å²) in [6.07, 6.45) is 1.58. The molecule has 0 unspecified atom stereocenters. The first-order chi connectivity index (χ1) is 13.1. The van der Waals surface area contributed by atoms with Crippen LogP contribution in [0.15, 0.2) is 47.1 Å². The van der Waals surface area contributed by atoms with E-state index in [0.717, 1.165) is 0 Å². The summed E-state index contributed by atoms with van der Waals surface area (Å²) in [5.74, 6) is 0.473. The molecule has 0 aliphatic carbocycles. The first kappa shape index (κ1) is 16.6. The summed E-state index contributed by atoms with van der Waals surface area (Å²) >= 11 is 0. The molecular formula is C17H12FN5O4. The smallest absolute Gasteiger partial charge is 0.322 e. The number of urea groups is 1. The normalized spacial score (nSPS) is 16.1. The lowest BCUT2D eigenvalue weighted by atomic mass is 10.2. The highest BCUT2D eigenvalue weighted by Gasteiger charge is 2.31. The molecule has 4 rings (SSSR count). The fraction of sp³-hybridized carbons (Fsp3) is 0.118. The first-order valence-electron chi connectivity index (χ1n) is 7.90. The number of amides is 3. The minimum atomic E-state index is -0.740. The molecule has 2 aromatic heterocycles.